The molecule has 0 aliphatic heterocycles. The number of amides is 1. The largest absolute Gasteiger partial charge is 0.358 e. The van der Waals surface area contributed by atoms with Gasteiger partial charge in [-0.05, 0) is 4.92 Å². The Morgan fingerprint density at radius 2 is 2.57 bits per heavy atom. The number of nitrogens with zero attached hydrogens (tertiary/aromatic N) is 2. The van der Waals surface area contributed by atoms with Crippen LogP contribution >= 0.6 is 0 Å². The van der Waals surface area contributed by atoms with Crippen molar-refractivity contribution in [2.45, 2.75) is 0 Å². The Bertz CT molecular complexity index is 371. The molecule has 14 heavy (non-hydrogen) atoms. The fourth-order valence-corrected chi connectivity index (χ4v) is 0.777. The van der Waals surface area contributed by atoms with Gasteiger partial charge in [-0.1, -0.05) is 11.2 Å². The van der Waals surface area contributed by atoms with Crippen molar-refractivity contribution in [1.82, 2.24) is 15.5 Å². The van der Waals surface area contributed by atoms with Gasteiger partial charge in [0.2, 0.25) is 0 Å². The molecule has 0 aromatic carbocycles. The summed E-state index contributed by atoms with van der Waals surface area (Å²) in [6.07, 6.45) is 1.50. The first-order chi connectivity index (χ1) is 6.65. The molecule has 0 aliphatic rings. The number of carbonyl (C=O) groups excluding carboxylic acids is 1. The van der Waals surface area contributed by atoms with Crippen molar-refractivity contribution in [3.05, 3.63) is 34.5 Å². The molecule has 0 spiro atoms. The summed E-state index contributed by atoms with van der Waals surface area (Å²) in [5.41, 5.74) is -0.0152. The lowest BCUT2D eigenvalue weighted by Gasteiger charge is -1.94. The average molecular weight is 196 g/mol. The lowest BCUT2D eigenvalue weighted by molar-refractivity contribution is -0.389. The number of hydrogen-bond donors (Lipinski definition) is 2. The summed E-state index contributed by atoms with van der Waals surface area (Å²) in [4.78, 5) is 20.8. The van der Waals surface area contributed by atoms with E-state index in [2.05, 4.69) is 22.1 Å². The Morgan fingerprint density at radius 1 is 1.86 bits per heavy atom. The lowest BCUT2D eigenvalue weighted by Crippen LogP contribution is -2.23. The highest BCUT2D eigenvalue weighted by atomic mass is 16.6. The topological polar surface area (TPSA) is 101 Å². The zero-order valence-corrected chi connectivity index (χ0v) is 7.19. The molecule has 1 heterocycles. The Kier molecular flexibility index (Phi) is 2.95. The number of aromatic nitrogens is 2. The van der Waals surface area contributed by atoms with Crippen LogP contribution in [0.2, 0.25) is 0 Å². The van der Waals surface area contributed by atoms with Crippen LogP contribution < -0.4 is 5.32 Å². The highest BCUT2D eigenvalue weighted by Gasteiger charge is 2.15. The molecule has 2 N–H and O–H groups in total. The van der Waals surface area contributed by atoms with Crippen LogP contribution in [0.5, 0.6) is 0 Å². The molecular formula is C7H8N4O3. The summed E-state index contributed by atoms with van der Waals surface area (Å²) in [6, 6.07) is 1.07. The van der Waals surface area contributed by atoms with Crippen molar-refractivity contribution in [2.24, 2.45) is 0 Å². The molecule has 0 fully saturated rings. The van der Waals surface area contributed by atoms with Crippen LogP contribution in [0.3, 0.4) is 0 Å². The van der Waals surface area contributed by atoms with Gasteiger partial charge in [-0.3, -0.25) is 4.79 Å². The van der Waals surface area contributed by atoms with E-state index in [1.807, 2.05) is 0 Å². The van der Waals surface area contributed by atoms with Gasteiger partial charge in [0.25, 0.3) is 5.91 Å². The van der Waals surface area contributed by atoms with Gasteiger partial charge in [0.1, 0.15) is 0 Å². The maximum atomic E-state index is 11.2. The van der Waals surface area contributed by atoms with E-state index in [-0.39, 0.29) is 11.5 Å². The molecule has 74 valence electrons. The molecule has 7 heteroatoms. The van der Waals surface area contributed by atoms with E-state index in [0.717, 1.165) is 6.07 Å². The van der Waals surface area contributed by atoms with E-state index in [0.29, 0.717) is 6.54 Å². The molecule has 0 saturated carbocycles. The van der Waals surface area contributed by atoms with Crippen molar-refractivity contribution in [3.8, 4) is 0 Å². The molecule has 0 radical (unpaired) electrons. The first-order valence-electron chi connectivity index (χ1n) is 3.74. The van der Waals surface area contributed by atoms with Gasteiger partial charge in [0.15, 0.2) is 5.69 Å². The normalized spacial score (nSPS) is 9.43. The van der Waals surface area contributed by atoms with Gasteiger partial charge in [0, 0.05) is 6.54 Å². The van der Waals surface area contributed by atoms with Crippen LogP contribution in [0.25, 0.3) is 0 Å². The molecule has 7 nitrogen and oxygen atoms in total. The monoisotopic (exact) mass is 196 g/mol. The number of nitro groups is 1. The molecule has 0 atom stereocenters. The van der Waals surface area contributed by atoms with Gasteiger partial charge < -0.3 is 15.4 Å². The second-order valence-electron chi connectivity index (χ2n) is 2.39. The van der Waals surface area contributed by atoms with Crippen molar-refractivity contribution in [2.75, 3.05) is 6.54 Å². The van der Waals surface area contributed by atoms with Gasteiger partial charge in [-0.25, -0.2) is 0 Å². The smallest absolute Gasteiger partial charge is 0.343 e. The standard InChI is InChI=1S/C7H8N4O3/c1-2-3-8-7(12)5-4-6(10-9-5)11(13)14/h2,4H,1,3H2,(H,8,12)(H,9,10). The molecule has 1 aromatic heterocycles. The Hall–Kier alpha value is -2.18. The number of H-pyrrole nitrogens is 1. The third kappa shape index (κ3) is 2.16. The number of rotatable bonds is 4. The number of carbonyl (C=O) groups is 1. The minimum absolute atomic E-state index is 0.0152. The van der Waals surface area contributed by atoms with E-state index in [1.54, 1.807) is 0 Å². The van der Waals surface area contributed by atoms with E-state index >= 15 is 0 Å². The van der Waals surface area contributed by atoms with Crippen LogP contribution in [-0.2, 0) is 0 Å². The van der Waals surface area contributed by atoms with E-state index in [9.17, 15) is 14.9 Å². The summed E-state index contributed by atoms with van der Waals surface area (Å²) in [5, 5.41) is 18.3. The van der Waals surface area contributed by atoms with Gasteiger partial charge in [0.05, 0.1) is 6.07 Å². The first-order valence-corrected chi connectivity index (χ1v) is 3.74. The van der Waals surface area contributed by atoms with Gasteiger partial charge in [-0.15, -0.1) is 11.7 Å². The van der Waals surface area contributed by atoms with Crippen LogP contribution in [0.15, 0.2) is 18.7 Å². The second kappa shape index (κ2) is 4.17. The quantitative estimate of drug-likeness (QED) is 0.409. The molecule has 0 aliphatic carbocycles. The minimum atomic E-state index is -0.655. The maximum Gasteiger partial charge on any atom is 0.343 e. The minimum Gasteiger partial charge on any atom is -0.358 e. The van der Waals surface area contributed by atoms with Crippen molar-refractivity contribution in [3.63, 3.8) is 0 Å². The summed E-state index contributed by atoms with van der Waals surface area (Å²) >= 11 is 0. The molecule has 0 saturated heterocycles. The first kappa shape index (κ1) is 9.90. The fraction of sp³-hybridized carbons (Fsp3) is 0.143. The van der Waals surface area contributed by atoms with Crippen LogP contribution in [0.1, 0.15) is 10.5 Å². The maximum absolute atomic E-state index is 11.2. The predicted molar refractivity (Wildman–Crippen MR) is 47.8 cm³/mol. The number of nitrogens with one attached hydrogen (secondary N) is 2. The Morgan fingerprint density at radius 3 is 3.07 bits per heavy atom. The Balaban J connectivity index is 2.71. The highest BCUT2D eigenvalue weighted by Crippen LogP contribution is 2.07. The molecule has 1 amide bonds. The number of hydrogen-bond acceptors (Lipinski definition) is 4. The molecular weight excluding hydrogens is 188 g/mol. The van der Waals surface area contributed by atoms with Crippen molar-refractivity contribution >= 4 is 11.7 Å². The third-order valence-corrected chi connectivity index (χ3v) is 1.40. The predicted octanol–water partition coefficient (Wildman–Crippen LogP) is 0.234. The van der Waals surface area contributed by atoms with E-state index in [4.69, 9.17) is 0 Å². The zero-order valence-electron chi connectivity index (χ0n) is 7.19. The fourth-order valence-electron chi connectivity index (χ4n) is 0.777. The van der Waals surface area contributed by atoms with E-state index < -0.39 is 10.8 Å². The molecule has 1 rings (SSSR count). The van der Waals surface area contributed by atoms with Crippen LogP contribution in [0.4, 0.5) is 5.82 Å². The number of aromatic amines is 1. The summed E-state index contributed by atoms with van der Waals surface area (Å²) in [6.45, 7) is 3.70. The SMILES string of the molecule is C=CCNC(=O)c1cc([N+](=O)[O-])[nH]n1. The summed E-state index contributed by atoms with van der Waals surface area (Å²) in [7, 11) is 0. The second-order valence-corrected chi connectivity index (χ2v) is 2.39. The molecule has 0 unspecified atom stereocenters. The Labute approximate surface area is 79.0 Å². The molecule has 0 bridgehead atoms. The van der Waals surface area contributed by atoms with E-state index in [1.165, 1.54) is 6.08 Å². The van der Waals surface area contributed by atoms with Gasteiger partial charge >= 0.3 is 5.82 Å². The summed E-state index contributed by atoms with van der Waals surface area (Å²) < 4.78 is 0. The average Bonchev–Trinajstić information content (AvgIpc) is 2.62. The lowest BCUT2D eigenvalue weighted by atomic mass is 10.4. The molecule has 1 aromatic rings. The van der Waals surface area contributed by atoms with Crippen LogP contribution in [0, 0.1) is 10.1 Å². The third-order valence-electron chi connectivity index (χ3n) is 1.40. The summed E-state index contributed by atoms with van der Waals surface area (Å²) in [5.74, 6) is -0.789. The van der Waals surface area contributed by atoms with Crippen molar-refractivity contribution in [1.29, 1.82) is 0 Å². The van der Waals surface area contributed by atoms with Crippen molar-refractivity contribution < 1.29 is 9.72 Å². The van der Waals surface area contributed by atoms with Crippen LogP contribution in [-0.4, -0.2) is 27.6 Å². The highest BCUT2D eigenvalue weighted by molar-refractivity contribution is 5.92. The zero-order chi connectivity index (χ0) is 10.6. The van der Waals surface area contributed by atoms with Gasteiger partial charge in [-0.2, -0.15) is 0 Å².